The second-order valence-electron chi connectivity index (χ2n) is 5.02. The predicted octanol–water partition coefficient (Wildman–Crippen LogP) is 4.75. The minimum atomic E-state index is -0.586. The maximum atomic E-state index is 11.9. The van der Waals surface area contributed by atoms with Gasteiger partial charge in [-0.05, 0) is 35.5 Å². The number of ether oxygens (including phenoxy) is 1. The Balaban J connectivity index is 1.66. The van der Waals surface area contributed by atoms with Crippen LogP contribution >= 0.6 is 23.8 Å². The molecule has 2 aromatic carbocycles. The highest BCUT2D eigenvalue weighted by atomic mass is 35.5. The second kappa shape index (κ2) is 7.33. The number of nitrogens with one attached hydrogen (secondary N) is 2. The van der Waals surface area contributed by atoms with Crippen LogP contribution in [0.15, 0.2) is 60.8 Å². The molecular weight excluding hydrogens is 346 g/mol. The summed E-state index contributed by atoms with van der Waals surface area (Å²) in [5.41, 5.74) is 5.16. The Hall–Kier alpha value is -2.57. The normalized spacial score (nSPS) is 10.4. The lowest BCUT2D eigenvalue weighted by Gasteiger charge is -2.07. The van der Waals surface area contributed by atoms with Gasteiger partial charge in [-0.3, -0.25) is 0 Å². The summed E-state index contributed by atoms with van der Waals surface area (Å²) in [7, 11) is 0. The fraction of sp³-hybridized carbons (Fsp3) is 0.0588. The minimum Gasteiger partial charge on any atom is -0.443 e. The Morgan fingerprint density at radius 3 is 2.58 bits per heavy atom. The van der Waals surface area contributed by atoms with Crippen LogP contribution in [-0.2, 0) is 11.3 Å². The van der Waals surface area contributed by atoms with E-state index in [-0.39, 0.29) is 6.61 Å². The number of aromatic nitrogens is 2. The van der Waals surface area contributed by atoms with Crippen LogP contribution in [0.4, 0.5) is 4.79 Å². The lowest BCUT2D eigenvalue weighted by Crippen LogP contribution is -2.23. The highest BCUT2D eigenvalue weighted by Gasteiger charge is 2.07. The SMILES string of the molecule is O=C(Nn1cc(-c2ccc(Cl)cc2)[nH]c1=S)OCc1ccccc1. The van der Waals surface area contributed by atoms with E-state index in [0.29, 0.717) is 9.79 Å². The smallest absolute Gasteiger partial charge is 0.426 e. The Morgan fingerprint density at radius 2 is 1.88 bits per heavy atom. The largest absolute Gasteiger partial charge is 0.443 e. The average molecular weight is 360 g/mol. The van der Waals surface area contributed by atoms with E-state index in [1.54, 1.807) is 18.3 Å². The van der Waals surface area contributed by atoms with Crippen LogP contribution in [-0.4, -0.2) is 15.8 Å². The van der Waals surface area contributed by atoms with Gasteiger partial charge in [-0.1, -0.05) is 54.1 Å². The predicted molar refractivity (Wildman–Crippen MR) is 96.1 cm³/mol. The van der Waals surface area contributed by atoms with Gasteiger partial charge in [0.25, 0.3) is 0 Å². The summed E-state index contributed by atoms with van der Waals surface area (Å²) in [5.74, 6) is 0. The Labute approximate surface area is 148 Å². The van der Waals surface area contributed by atoms with Crippen LogP contribution in [0.3, 0.4) is 0 Å². The number of amides is 1. The molecule has 5 nitrogen and oxygen atoms in total. The van der Waals surface area contributed by atoms with Gasteiger partial charge in [0.05, 0.1) is 11.9 Å². The minimum absolute atomic E-state index is 0.189. The number of hydrogen-bond acceptors (Lipinski definition) is 3. The molecule has 0 aliphatic heterocycles. The van der Waals surface area contributed by atoms with Crippen LogP contribution in [0.25, 0.3) is 11.3 Å². The van der Waals surface area contributed by atoms with E-state index in [9.17, 15) is 4.79 Å². The highest BCUT2D eigenvalue weighted by Crippen LogP contribution is 2.19. The third-order valence-electron chi connectivity index (χ3n) is 3.30. The van der Waals surface area contributed by atoms with Crippen molar-refractivity contribution in [2.75, 3.05) is 5.43 Å². The number of carbonyl (C=O) groups is 1. The van der Waals surface area contributed by atoms with Crippen LogP contribution in [0.1, 0.15) is 5.56 Å². The van der Waals surface area contributed by atoms with E-state index in [1.807, 2.05) is 42.5 Å². The average Bonchev–Trinajstić information content (AvgIpc) is 2.95. The molecule has 0 saturated carbocycles. The van der Waals surface area contributed by atoms with Crippen molar-refractivity contribution in [3.05, 3.63) is 76.2 Å². The molecule has 1 aromatic heterocycles. The fourth-order valence-electron chi connectivity index (χ4n) is 2.11. The van der Waals surface area contributed by atoms with E-state index in [4.69, 9.17) is 28.6 Å². The van der Waals surface area contributed by atoms with Crippen molar-refractivity contribution in [3.63, 3.8) is 0 Å². The number of hydrogen-bond donors (Lipinski definition) is 2. The molecular formula is C17H14ClN3O2S. The molecule has 0 spiro atoms. The number of H-pyrrole nitrogens is 1. The number of aromatic amines is 1. The lowest BCUT2D eigenvalue weighted by atomic mass is 10.2. The van der Waals surface area contributed by atoms with E-state index < -0.39 is 6.09 Å². The number of carbonyl (C=O) groups excluding carboxylic acids is 1. The lowest BCUT2D eigenvalue weighted by molar-refractivity contribution is 0.151. The summed E-state index contributed by atoms with van der Waals surface area (Å²) in [5, 5.41) is 0.652. The summed E-state index contributed by atoms with van der Waals surface area (Å²) in [6, 6.07) is 16.7. The maximum absolute atomic E-state index is 11.9. The summed E-state index contributed by atoms with van der Waals surface area (Å²) in [4.78, 5) is 14.9. The van der Waals surface area contributed by atoms with Gasteiger partial charge in [-0.2, -0.15) is 0 Å². The number of imidazole rings is 1. The van der Waals surface area contributed by atoms with Gasteiger partial charge in [0.2, 0.25) is 0 Å². The van der Waals surface area contributed by atoms with Crippen molar-refractivity contribution >= 4 is 29.9 Å². The standard InChI is InChI=1S/C17H14ClN3O2S/c18-14-8-6-13(7-9-14)15-10-21(16(24)19-15)20-17(22)23-11-12-4-2-1-3-5-12/h1-10H,11H2,(H,19,24)(H,20,22). The van der Waals surface area contributed by atoms with Crippen LogP contribution in [0.2, 0.25) is 5.02 Å². The summed E-state index contributed by atoms with van der Waals surface area (Å²) in [6.07, 6.45) is 1.10. The quantitative estimate of drug-likeness (QED) is 0.661. The van der Waals surface area contributed by atoms with E-state index >= 15 is 0 Å². The zero-order chi connectivity index (χ0) is 16.9. The molecule has 122 valence electrons. The Kier molecular flexibility index (Phi) is 4.98. The third-order valence-corrected chi connectivity index (χ3v) is 3.85. The molecule has 0 atom stereocenters. The molecule has 24 heavy (non-hydrogen) atoms. The monoisotopic (exact) mass is 359 g/mol. The molecule has 3 aromatic rings. The van der Waals surface area contributed by atoms with Crippen molar-refractivity contribution in [1.82, 2.24) is 9.66 Å². The van der Waals surface area contributed by atoms with Crippen molar-refractivity contribution in [2.45, 2.75) is 6.61 Å². The van der Waals surface area contributed by atoms with E-state index in [2.05, 4.69) is 10.4 Å². The number of nitrogens with zero attached hydrogens (tertiary/aromatic N) is 1. The molecule has 0 bridgehead atoms. The number of benzene rings is 2. The van der Waals surface area contributed by atoms with Gasteiger partial charge < -0.3 is 9.72 Å². The molecule has 0 unspecified atom stereocenters. The van der Waals surface area contributed by atoms with Gasteiger partial charge in [0.15, 0.2) is 4.77 Å². The first-order valence-corrected chi connectivity index (χ1v) is 7.96. The Morgan fingerprint density at radius 1 is 1.17 bits per heavy atom. The highest BCUT2D eigenvalue weighted by molar-refractivity contribution is 7.71. The number of halogens is 1. The van der Waals surface area contributed by atoms with Gasteiger partial charge in [-0.15, -0.1) is 0 Å². The summed E-state index contributed by atoms with van der Waals surface area (Å²) in [6.45, 7) is 0.189. The topological polar surface area (TPSA) is 59.0 Å². The second-order valence-corrected chi connectivity index (χ2v) is 5.85. The van der Waals surface area contributed by atoms with Crippen molar-refractivity contribution in [2.24, 2.45) is 0 Å². The molecule has 0 fully saturated rings. The molecule has 3 rings (SSSR count). The van der Waals surface area contributed by atoms with Crippen LogP contribution in [0, 0.1) is 4.77 Å². The molecule has 7 heteroatoms. The van der Waals surface area contributed by atoms with Crippen molar-refractivity contribution in [1.29, 1.82) is 0 Å². The van der Waals surface area contributed by atoms with Gasteiger partial charge in [0.1, 0.15) is 6.61 Å². The van der Waals surface area contributed by atoms with Gasteiger partial charge in [0, 0.05) is 5.02 Å². The third kappa shape index (κ3) is 4.04. The molecule has 1 heterocycles. The molecule has 0 saturated heterocycles. The molecule has 1 amide bonds. The first-order chi connectivity index (χ1) is 11.6. The van der Waals surface area contributed by atoms with E-state index in [0.717, 1.165) is 16.8 Å². The zero-order valence-electron chi connectivity index (χ0n) is 12.5. The first-order valence-electron chi connectivity index (χ1n) is 7.17. The Bertz CT molecular complexity index is 888. The molecule has 0 radical (unpaired) electrons. The summed E-state index contributed by atoms with van der Waals surface area (Å²) < 4.78 is 6.94. The van der Waals surface area contributed by atoms with Crippen LogP contribution in [0.5, 0.6) is 0 Å². The zero-order valence-corrected chi connectivity index (χ0v) is 14.1. The van der Waals surface area contributed by atoms with Gasteiger partial charge >= 0.3 is 6.09 Å². The summed E-state index contributed by atoms with van der Waals surface area (Å²) >= 11 is 11.1. The molecule has 2 N–H and O–H groups in total. The maximum Gasteiger partial charge on any atom is 0.426 e. The van der Waals surface area contributed by atoms with Crippen molar-refractivity contribution < 1.29 is 9.53 Å². The van der Waals surface area contributed by atoms with Crippen molar-refractivity contribution in [3.8, 4) is 11.3 Å². The van der Waals surface area contributed by atoms with E-state index in [1.165, 1.54) is 4.68 Å². The fourth-order valence-corrected chi connectivity index (χ4v) is 2.44. The molecule has 0 aliphatic carbocycles. The van der Waals surface area contributed by atoms with Crippen LogP contribution < -0.4 is 5.43 Å². The number of rotatable bonds is 4. The van der Waals surface area contributed by atoms with Gasteiger partial charge in [-0.25, -0.2) is 14.9 Å². The molecule has 0 aliphatic rings. The first kappa shape index (κ1) is 16.3.